The third kappa shape index (κ3) is 2.41. The summed E-state index contributed by atoms with van der Waals surface area (Å²) in [5, 5.41) is 0. The minimum Gasteiger partial charge on any atom is -0.497 e. The number of methoxy groups -OCH3 is 1. The van der Waals surface area contributed by atoms with Crippen LogP contribution in [-0.4, -0.2) is 41.4 Å². The summed E-state index contributed by atoms with van der Waals surface area (Å²) in [6, 6.07) is 6.78. The summed E-state index contributed by atoms with van der Waals surface area (Å²) in [4.78, 5) is 27.0. The van der Waals surface area contributed by atoms with Crippen molar-refractivity contribution in [2.24, 2.45) is 0 Å². The van der Waals surface area contributed by atoms with Gasteiger partial charge in [-0.1, -0.05) is 12.1 Å². The molecule has 0 aliphatic carbocycles. The lowest BCUT2D eigenvalue weighted by atomic mass is 10.2. The Morgan fingerprint density at radius 2 is 1.84 bits per heavy atom. The van der Waals surface area contributed by atoms with Gasteiger partial charge < -0.3 is 9.64 Å². The van der Waals surface area contributed by atoms with Crippen LogP contribution < -0.4 is 4.74 Å². The van der Waals surface area contributed by atoms with Crippen LogP contribution in [0.2, 0.25) is 0 Å². The average molecular weight is 262 g/mol. The van der Waals surface area contributed by atoms with E-state index in [1.165, 1.54) is 4.90 Å². The predicted octanol–water partition coefficient (Wildman–Crippen LogP) is 1.87. The summed E-state index contributed by atoms with van der Waals surface area (Å²) >= 11 is 0. The van der Waals surface area contributed by atoms with E-state index in [0.29, 0.717) is 13.1 Å². The molecule has 0 radical (unpaired) electrons. The number of rotatable bonds is 4. The molecule has 5 nitrogen and oxygen atoms in total. The highest BCUT2D eigenvalue weighted by atomic mass is 16.5. The van der Waals surface area contributed by atoms with Gasteiger partial charge in [0.15, 0.2) is 0 Å². The minimum absolute atomic E-state index is 0.136. The standard InChI is InChI=1S/C14H18N2O3/c1-4-15-10(2)13(17)16(14(15)18)9-11-5-7-12(19-3)8-6-11/h5-8,10H,4,9H2,1-3H3. The molecule has 1 unspecified atom stereocenters. The normalized spacial score (nSPS) is 19.2. The first-order valence-electron chi connectivity index (χ1n) is 6.33. The largest absolute Gasteiger partial charge is 0.497 e. The lowest BCUT2D eigenvalue weighted by molar-refractivity contribution is -0.128. The molecule has 3 amide bonds. The molecule has 1 fully saturated rings. The van der Waals surface area contributed by atoms with Crippen LogP contribution in [0, 0.1) is 0 Å². The summed E-state index contributed by atoms with van der Waals surface area (Å²) in [7, 11) is 1.60. The third-order valence-electron chi connectivity index (χ3n) is 3.41. The van der Waals surface area contributed by atoms with Crippen LogP contribution >= 0.6 is 0 Å². The van der Waals surface area contributed by atoms with Crippen LogP contribution in [0.1, 0.15) is 19.4 Å². The maximum absolute atomic E-state index is 12.1. The van der Waals surface area contributed by atoms with E-state index in [0.717, 1.165) is 11.3 Å². The molecule has 19 heavy (non-hydrogen) atoms. The molecule has 2 rings (SSSR count). The molecule has 1 atom stereocenters. The number of carbonyl (C=O) groups is 2. The van der Waals surface area contributed by atoms with Crippen LogP contribution in [0.15, 0.2) is 24.3 Å². The van der Waals surface area contributed by atoms with Gasteiger partial charge in [0.25, 0.3) is 5.91 Å². The Balaban J connectivity index is 2.14. The van der Waals surface area contributed by atoms with Gasteiger partial charge in [0.05, 0.1) is 13.7 Å². The molecular formula is C14H18N2O3. The first-order valence-corrected chi connectivity index (χ1v) is 6.33. The first-order chi connectivity index (χ1) is 9.08. The number of hydrogen-bond donors (Lipinski definition) is 0. The number of ether oxygens (including phenoxy) is 1. The van der Waals surface area contributed by atoms with Crippen molar-refractivity contribution in [1.29, 1.82) is 0 Å². The van der Waals surface area contributed by atoms with E-state index in [-0.39, 0.29) is 18.0 Å². The van der Waals surface area contributed by atoms with Crippen molar-refractivity contribution in [1.82, 2.24) is 9.80 Å². The molecule has 1 aromatic rings. The zero-order valence-electron chi connectivity index (χ0n) is 11.4. The molecule has 1 aliphatic heterocycles. The van der Waals surface area contributed by atoms with Crippen LogP contribution in [-0.2, 0) is 11.3 Å². The topological polar surface area (TPSA) is 49.9 Å². The summed E-state index contributed by atoms with van der Waals surface area (Å²) in [6.45, 7) is 4.49. The number of nitrogens with zero attached hydrogens (tertiary/aromatic N) is 2. The van der Waals surface area contributed by atoms with Crippen molar-refractivity contribution in [2.45, 2.75) is 26.4 Å². The van der Waals surface area contributed by atoms with E-state index in [1.54, 1.807) is 18.9 Å². The monoisotopic (exact) mass is 262 g/mol. The number of carbonyl (C=O) groups excluding carboxylic acids is 2. The van der Waals surface area contributed by atoms with Gasteiger partial charge in [-0.25, -0.2) is 4.79 Å². The SMILES string of the molecule is CCN1C(=O)N(Cc2ccc(OC)cc2)C(=O)C1C. The van der Waals surface area contributed by atoms with Crippen molar-refractivity contribution in [2.75, 3.05) is 13.7 Å². The number of likely N-dealkylation sites (N-methyl/N-ethyl adjacent to an activating group) is 1. The van der Waals surface area contributed by atoms with Crippen LogP contribution in [0.5, 0.6) is 5.75 Å². The van der Waals surface area contributed by atoms with Crippen molar-refractivity contribution >= 4 is 11.9 Å². The molecule has 0 saturated carbocycles. The second-order valence-corrected chi connectivity index (χ2v) is 4.52. The number of benzene rings is 1. The molecule has 5 heteroatoms. The fourth-order valence-corrected chi connectivity index (χ4v) is 2.24. The molecule has 1 saturated heterocycles. The Morgan fingerprint density at radius 1 is 1.21 bits per heavy atom. The van der Waals surface area contributed by atoms with Crippen molar-refractivity contribution < 1.29 is 14.3 Å². The summed E-state index contributed by atoms with van der Waals surface area (Å²) < 4.78 is 5.08. The molecule has 1 aromatic carbocycles. The van der Waals surface area contributed by atoms with Gasteiger partial charge in [-0.3, -0.25) is 9.69 Å². The zero-order chi connectivity index (χ0) is 14.0. The van der Waals surface area contributed by atoms with Crippen molar-refractivity contribution in [3.8, 4) is 5.75 Å². The fourth-order valence-electron chi connectivity index (χ4n) is 2.24. The zero-order valence-corrected chi connectivity index (χ0v) is 11.4. The van der Waals surface area contributed by atoms with Gasteiger partial charge in [0, 0.05) is 6.54 Å². The highest BCUT2D eigenvalue weighted by Gasteiger charge is 2.41. The quantitative estimate of drug-likeness (QED) is 0.778. The second kappa shape index (κ2) is 5.30. The van der Waals surface area contributed by atoms with Crippen LogP contribution in [0.3, 0.4) is 0 Å². The van der Waals surface area contributed by atoms with E-state index in [1.807, 2.05) is 31.2 Å². The lowest BCUT2D eigenvalue weighted by Gasteiger charge is -2.16. The molecule has 1 aliphatic rings. The van der Waals surface area contributed by atoms with Gasteiger partial charge in [-0.05, 0) is 31.5 Å². The van der Waals surface area contributed by atoms with Crippen LogP contribution in [0.25, 0.3) is 0 Å². The summed E-state index contributed by atoms with van der Waals surface area (Å²) in [5.74, 6) is 0.619. The average Bonchev–Trinajstić information content (AvgIpc) is 2.63. The van der Waals surface area contributed by atoms with E-state index in [9.17, 15) is 9.59 Å². The molecule has 102 valence electrons. The number of imide groups is 1. The maximum atomic E-state index is 12.1. The van der Waals surface area contributed by atoms with E-state index >= 15 is 0 Å². The van der Waals surface area contributed by atoms with Crippen molar-refractivity contribution in [3.63, 3.8) is 0 Å². The Bertz CT molecular complexity index is 484. The highest BCUT2D eigenvalue weighted by Crippen LogP contribution is 2.20. The summed E-state index contributed by atoms with van der Waals surface area (Å²) in [6.07, 6.45) is 0. The Morgan fingerprint density at radius 3 is 2.32 bits per heavy atom. The number of amides is 3. The van der Waals surface area contributed by atoms with E-state index in [4.69, 9.17) is 4.74 Å². The molecule has 0 aromatic heterocycles. The molecule has 0 spiro atoms. The van der Waals surface area contributed by atoms with Gasteiger partial charge >= 0.3 is 6.03 Å². The summed E-state index contributed by atoms with van der Waals surface area (Å²) in [5.41, 5.74) is 0.910. The van der Waals surface area contributed by atoms with Crippen LogP contribution in [0.4, 0.5) is 4.79 Å². The molecular weight excluding hydrogens is 244 g/mol. The Labute approximate surface area is 112 Å². The lowest BCUT2D eigenvalue weighted by Crippen LogP contribution is -2.33. The highest BCUT2D eigenvalue weighted by molar-refractivity contribution is 6.03. The van der Waals surface area contributed by atoms with Gasteiger partial charge in [0.1, 0.15) is 11.8 Å². The maximum Gasteiger partial charge on any atom is 0.327 e. The predicted molar refractivity (Wildman–Crippen MR) is 70.8 cm³/mol. The Kier molecular flexibility index (Phi) is 3.74. The third-order valence-corrected chi connectivity index (χ3v) is 3.41. The van der Waals surface area contributed by atoms with Crippen molar-refractivity contribution in [3.05, 3.63) is 29.8 Å². The van der Waals surface area contributed by atoms with Gasteiger partial charge in [-0.15, -0.1) is 0 Å². The first kappa shape index (κ1) is 13.4. The fraction of sp³-hybridized carbons (Fsp3) is 0.429. The van der Waals surface area contributed by atoms with Gasteiger partial charge in [-0.2, -0.15) is 0 Å². The second-order valence-electron chi connectivity index (χ2n) is 4.52. The Hall–Kier alpha value is -2.04. The molecule has 0 bridgehead atoms. The minimum atomic E-state index is -0.365. The number of hydrogen-bond acceptors (Lipinski definition) is 3. The molecule has 1 heterocycles. The van der Waals surface area contributed by atoms with E-state index in [2.05, 4.69) is 0 Å². The van der Waals surface area contributed by atoms with E-state index < -0.39 is 0 Å². The smallest absolute Gasteiger partial charge is 0.327 e. The molecule has 0 N–H and O–H groups in total. The van der Waals surface area contributed by atoms with Gasteiger partial charge in [0.2, 0.25) is 0 Å². The number of urea groups is 1.